The van der Waals surface area contributed by atoms with Crippen molar-refractivity contribution in [2.24, 2.45) is 11.7 Å². The maximum atomic E-state index is 6.27. The zero-order valence-corrected chi connectivity index (χ0v) is 9.44. The average Bonchev–Trinajstić information content (AvgIpc) is 2.64. The fourth-order valence-corrected chi connectivity index (χ4v) is 2.31. The summed E-state index contributed by atoms with van der Waals surface area (Å²) in [6.07, 6.45) is 1.32. The third-order valence-electron chi connectivity index (χ3n) is 3.35. The van der Waals surface area contributed by atoms with Crippen LogP contribution in [0.1, 0.15) is 30.5 Å². The second-order valence-corrected chi connectivity index (χ2v) is 4.48. The molecule has 2 heteroatoms. The lowest BCUT2D eigenvalue weighted by atomic mass is 9.91. The lowest BCUT2D eigenvalue weighted by Crippen LogP contribution is -2.30. The SMILES string of the molecule is Cc1ccccc1C(N)C1OCCC1C. The summed E-state index contributed by atoms with van der Waals surface area (Å²) in [5.41, 5.74) is 8.74. The van der Waals surface area contributed by atoms with Crippen molar-refractivity contribution in [3.8, 4) is 0 Å². The Morgan fingerprint density at radius 1 is 1.40 bits per heavy atom. The van der Waals surface area contributed by atoms with Crippen molar-refractivity contribution < 1.29 is 4.74 Å². The highest BCUT2D eigenvalue weighted by atomic mass is 16.5. The Kier molecular flexibility index (Phi) is 3.08. The van der Waals surface area contributed by atoms with E-state index in [0.29, 0.717) is 5.92 Å². The summed E-state index contributed by atoms with van der Waals surface area (Å²) < 4.78 is 5.71. The third-order valence-corrected chi connectivity index (χ3v) is 3.35. The van der Waals surface area contributed by atoms with Gasteiger partial charge in [-0.3, -0.25) is 0 Å². The Hall–Kier alpha value is -0.860. The molecule has 0 radical (unpaired) electrons. The highest BCUT2D eigenvalue weighted by Gasteiger charge is 2.31. The first-order valence-corrected chi connectivity index (χ1v) is 5.63. The fraction of sp³-hybridized carbons (Fsp3) is 0.538. The predicted octanol–water partition coefficient (Wildman–Crippen LogP) is 2.42. The topological polar surface area (TPSA) is 35.2 Å². The van der Waals surface area contributed by atoms with Crippen LogP contribution in [-0.2, 0) is 4.74 Å². The van der Waals surface area contributed by atoms with E-state index >= 15 is 0 Å². The molecule has 0 amide bonds. The predicted molar refractivity (Wildman–Crippen MR) is 61.6 cm³/mol. The van der Waals surface area contributed by atoms with Crippen molar-refractivity contribution >= 4 is 0 Å². The molecule has 3 atom stereocenters. The van der Waals surface area contributed by atoms with E-state index in [4.69, 9.17) is 10.5 Å². The fourth-order valence-electron chi connectivity index (χ4n) is 2.31. The Morgan fingerprint density at radius 2 is 2.13 bits per heavy atom. The van der Waals surface area contributed by atoms with E-state index in [0.717, 1.165) is 13.0 Å². The van der Waals surface area contributed by atoms with Crippen molar-refractivity contribution in [2.75, 3.05) is 6.61 Å². The molecule has 82 valence electrons. The lowest BCUT2D eigenvalue weighted by Gasteiger charge is -2.24. The number of benzene rings is 1. The Morgan fingerprint density at radius 3 is 2.73 bits per heavy atom. The van der Waals surface area contributed by atoms with Crippen LogP contribution in [-0.4, -0.2) is 12.7 Å². The molecular weight excluding hydrogens is 186 g/mol. The molecule has 0 spiro atoms. The quantitative estimate of drug-likeness (QED) is 0.804. The normalized spacial score (nSPS) is 27.9. The van der Waals surface area contributed by atoms with Gasteiger partial charge in [0, 0.05) is 6.61 Å². The van der Waals surface area contributed by atoms with Gasteiger partial charge >= 0.3 is 0 Å². The summed E-state index contributed by atoms with van der Waals surface area (Å²) in [7, 11) is 0. The van der Waals surface area contributed by atoms with Gasteiger partial charge in [-0.2, -0.15) is 0 Å². The van der Waals surface area contributed by atoms with Gasteiger partial charge in [0.1, 0.15) is 0 Å². The van der Waals surface area contributed by atoms with Crippen molar-refractivity contribution in [1.82, 2.24) is 0 Å². The van der Waals surface area contributed by atoms with E-state index in [1.54, 1.807) is 0 Å². The summed E-state index contributed by atoms with van der Waals surface area (Å²) >= 11 is 0. The van der Waals surface area contributed by atoms with Gasteiger partial charge in [0.25, 0.3) is 0 Å². The minimum Gasteiger partial charge on any atom is -0.376 e. The largest absolute Gasteiger partial charge is 0.376 e. The van der Waals surface area contributed by atoms with Gasteiger partial charge in [-0.15, -0.1) is 0 Å². The molecule has 0 saturated carbocycles. The van der Waals surface area contributed by atoms with Crippen LogP contribution in [0.25, 0.3) is 0 Å². The number of hydrogen-bond donors (Lipinski definition) is 1. The molecule has 1 aliphatic heterocycles. The van der Waals surface area contributed by atoms with Crippen LogP contribution in [0.4, 0.5) is 0 Å². The smallest absolute Gasteiger partial charge is 0.0793 e. The summed E-state index contributed by atoms with van der Waals surface area (Å²) in [6, 6.07) is 8.32. The zero-order chi connectivity index (χ0) is 10.8. The van der Waals surface area contributed by atoms with Gasteiger partial charge < -0.3 is 10.5 Å². The molecule has 1 aromatic carbocycles. The van der Waals surface area contributed by atoms with Gasteiger partial charge in [0.15, 0.2) is 0 Å². The molecule has 15 heavy (non-hydrogen) atoms. The molecule has 1 saturated heterocycles. The van der Waals surface area contributed by atoms with Crippen molar-refractivity contribution in [1.29, 1.82) is 0 Å². The molecule has 1 heterocycles. The number of ether oxygens (including phenoxy) is 1. The van der Waals surface area contributed by atoms with Crippen molar-refractivity contribution in [2.45, 2.75) is 32.4 Å². The highest BCUT2D eigenvalue weighted by molar-refractivity contribution is 5.29. The molecule has 1 fully saturated rings. The number of rotatable bonds is 2. The van der Waals surface area contributed by atoms with E-state index < -0.39 is 0 Å². The number of hydrogen-bond acceptors (Lipinski definition) is 2. The Balaban J connectivity index is 2.20. The lowest BCUT2D eigenvalue weighted by molar-refractivity contribution is 0.0723. The number of nitrogens with two attached hydrogens (primary N) is 1. The maximum absolute atomic E-state index is 6.27. The second kappa shape index (κ2) is 4.33. The minimum absolute atomic E-state index is 0.0173. The first kappa shape index (κ1) is 10.7. The van der Waals surface area contributed by atoms with E-state index in [-0.39, 0.29) is 12.1 Å². The van der Waals surface area contributed by atoms with Crippen molar-refractivity contribution in [3.05, 3.63) is 35.4 Å². The summed E-state index contributed by atoms with van der Waals surface area (Å²) in [5, 5.41) is 0. The molecule has 3 unspecified atom stereocenters. The van der Waals surface area contributed by atoms with E-state index in [1.807, 2.05) is 12.1 Å². The summed E-state index contributed by atoms with van der Waals surface area (Å²) in [6.45, 7) is 5.18. The molecule has 0 aromatic heterocycles. The second-order valence-electron chi connectivity index (χ2n) is 4.48. The van der Waals surface area contributed by atoms with Crippen LogP contribution in [0.15, 0.2) is 24.3 Å². The highest BCUT2D eigenvalue weighted by Crippen LogP contribution is 2.30. The molecule has 0 aliphatic carbocycles. The third kappa shape index (κ3) is 2.06. The van der Waals surface area contributed by atoms with E-state index in [1.165, 1.54) is 11.1 Å². The first-order chi connectivity index (χ1) is 7.20. The van der Waals surface area contributed by atoms with E-state index in [9.17, 15) is 0 Å². The molecule has 2 nitrogen and oxygen atoms in total. The van der Waals surface area contributed by atoms with E-state index in [2.05, 4.69) is 26.0 Å². The first-order valence-electron chi connectivity index (χ1n) is 5.63. The van der Waals surface area contributed by atoms with Gasteiger partial charge in [0.05, 0.1) is 12.1 Å². The van der Waals surface area contributed by atoms with Crippen molar-refractivity contribution in [3.63, 3.8) is 0 Å². The Labute approximate surface area is 91.4 Å². The average molecular weight is 205 g/mol. The molecular formula is C13H19NO. The van der Waals surface area contributed by atoms with Gasteiger partial charge in [0.2, 0.25) is 0 Å². The zero-order valence-electron chi connectivity index (χ0n) is 9.44. The van der Waals surface area contributed by atoms with Crippen LogP contribution in [0, 0.1) is 12.8 Å². The minimum atomic E-state index is 0.0173. The molecule has 1 aliphatic rings. The van der Waals surface area contributed by atoms with Crippen LogP contribution in [0.3, 0.4) is 0 Å². The maximum Gasteiger partial charge on any atom is 0.0793 e. The van der Waals surface area contributed by atoms with Crippen LogP contribution in [0.5, 0.6) is 0 Å². The van der Waals surface area contributed by atoms with Crippen LogP contribution >= 0.6 is 0 Å². The number of aryl methyl sites for hydroxylation is 1. The molecule has 0 bridgehead atoms. The summed E-state index contributed by atoms with van der Waals surface area (Å²) in [4.78, 5) is 0. The van der Waals surface area contributed by atoms with Gasteiger partial charge in [-0.1, -0.05) is 31.2 Å². The molecule has 2 rings (SSSR count). The Bertz CT molecular complexity index is 337. The van der Waals surface area contributed by atoms with Gasteiger partial charge in [-0.05, 0) is 30.4 Å². The van der Waals surface area contributed by atoms with Crippen LogP contribution < -0.4 is 5.73 Å². The standard InChI is InChI=1S/C13H19NO/c1-9-5-3-4-6-11(9)12(14)13-10(2)7-8-15-13/h3-6,10,12-13H,7-8,14H2,1-2H3. The summed E-state index contributed by atoms with van der Waals surface area (Å²) in [5.74, 6) is 0.569. The van der Waals surface area contributed by atoms with Gasteiger partial charge in [-0.25, -0.2) is 0 Å². The molecule has 1 aromatic rings. The molecule has 2 N–H and O–H groups in total. The monoisotopic (exact) mass is 205 g/mol. The van der Waals surface area contributed by atoms with Crippen LogP contribution in [0.2, 0.25) is 0 Å².